The number of thiol groups is 1. The third kappa shape index (κ3) is 4.66. The molecule has 4 nitrogen and oxygen atoms in total. The maximum atomic E-state index is 4.19. The fourth-order valence-electron chi connectivity index (χ4n) is 1.53. The van der Waals surface area contributed by atoms with Crippen LogP contribution in [0.25, 0.3) is 11.0 Å². The predicted octanol–water partition coefficient (Wildman–Crippen LogP) is 4.08. The van der Waals surface area contributed by atoms with Gasteiger partial charge in [0.05, 0.1) is 11.9 Å². The molecular weight excluding hydrogens is 268 g/mol. The van der Waals surface area contributed by atoms with E-state index in [1.165, 1.54) is 5.56 Å². The molecule has 0 saturated carbocycles. The van der Waals surface area contributed by atoms with Crippen molar-refractivity contribution in [2.45, 2.75) is 19.6 Å². The normalized spacial score (nSPS) is 9.20. The molecule has 0 amide bonds. The third-order valence-electron chi connectivity index (χ3n) is 2.53. The summed E-state index contributed by atoms with van der Waals surface area (Å²) in [5.41, 5.74) is 3.21. The molecule has 3 rings (SSSR count). The second-order valence-electron chi connectivity index (χ2n) is 3.77. The van der Waals surface area contributed by atoms with E-state index in [0.29, 0.717) is 0 Å². The number of aromatic amines is 2. The fourth-order valence-corrected chi connectivity index (χ4v) is 1.73. The van der Waals surface area contributed by atoms with Crippen LogP contribution in [0.1, 0.15) is 19.4 Å². The van der Waals surface area contributed by atoms with E-state index in [1.807, 2.05) is 51.6 Å². The Bertz CT molecular complexity index is 587. The summed E-state index contributed by atoms with van der Waals surface area (Å²) in [6, 6.07) is 6.06. The Hall–Kier alpha value is -1.88. The van der Waals surface area contributed by atoms with Gasteiger partial charge in [0, 0.05) is 36.8 Å². The van der Waals surface area contributed by atoms with E-state index in [-0.39, 0.29) is 0 Å². The summed E-state index contributed by atoms with van der Waals surface area (Å²) in [4.78, 5) is 10.2. The first-order chi connectivity index (χ1) is 9.83. The van der Waals surface area contributed by atoms with Crippen LogP contribution < -0.4 is 5.32 Å². The highest BCUT2D eigenvalue weighted by Crippen LogP contribution is 2.13. The number of pyridine rings is 1. The van der Waals surface area contributed by atoms with Crippen molar-refractivity contribution >= 4 is 29.3 Å². The molecule has 0 atom stereocenters. The molecule has 0 aliphatic carbocycles. The number of rotatable bonds is 2. The van der Waals surface area contributed by atoms with Gasteiger partial charge in [-0.05, 0) is 23.8 Å². The van der Waals surface area contributed by atoms with E-state index in [1.54, 1.807) is 6.20 Å². The Balaban J connectivity index is 0.000000193. The second kappa shape index (κ2) is 9.09. The number of aromatic nitrogens is 3. The van der Waals surface area contributed by atoms with Gasteiger partial charge in [-0.2, -0.15) is 12.6 Å². The summed E-state index contributed by atoms with van der Waals surface area (Å²) in [5, 5.41) is 4.17. The van der Waals surface area contributed by atoms with Crippen LogP contribution in [0.4, 0.5) is 5.69 Å². The van der Waals surface area contributed by atoms with Gasteiger partial charge >= 0.3 is 0 Å². The SMILES string of the molecule is CC.CNc1cnc2[nH]ccc2c1.SCc1cc[nH]c1. The first kappa shape index (κ1) is 16.2. The monoisotopic (exact) mass is 290 g/mol. The molecule has 5 heteroatoms. The minimum atomic E-state index is 0.823. The zero-order chi connectivity index (χ0) is 14.8. The third-order valence-corrected chi connectivity index (χ3v) is 2.90. The molecule has 0 spiro atoms. The maximum Gasteiger partial charge on any atom is 0.137 e. The summed E-state index contributed by atoms with van der Waals surface area (Å²) < 4.78 is 0. The zero-order valence-electron chi connectivity index (χ0n) is 12.1. The predicted molar refractivity (Wildman–Crippen MR) is 90.5 cm³/mol. The van der Waals surface area contributed by atoms with Crippen LogP contribution >= 0.6 is 12.6 Å². The van der Waals surface area contributed by atoms with Crippen LogP contribution in [0.15, 0.2) is 43.0 Å². The van der Waals surface area contributed by atoms with Crippen molar-refractivity contribution in [1.82, 2.24) is 15.0 Å². The Labute approximate surface area is 125 Å². The van der Waals surface area contributed by atoms with Crippen molar-refractivity contribution in [3.05, 3.63) is 48.5 Å². The van der Waals surface area contributed by atoms with Crippen LogP contribution in [-0.2, 0) is 5.75 Å². The van der Waals surface area contributed by atoms with Crippen LogP contribution in [0.2, 0.25) is 0 Å². The molecule has 3 N–H and O–H groups in total. The lowest BCUT2D eigenvalue weighted by Crippen LogP contribution is -1.88. The van der Waals surface area contributed by atoms with Crippen LogP contribution in [0, 0.1) is 0 Å². The molecule has 0 aliphatic heterocycles. The first-order valence-corrected chi connectivity index (χ1v) is 7.30. The Morgan fingerprint density at radius 2 is 2.05 bits per heavy atom. The number of nitrogens with one attached hydrogen (secondary N) is 3. The van der Waals surface area contributed by atoms with Gasteiger partial charge in [-0.3, -0.25) is 0 Å². The number of nitrogens with zero attached hydrogens (tertiary/aromatic N) is 1. The molecule has 0 aliphatic rings. The molecule has 0 unspecified atom stereocenters. The minimum Gasteiger partial charge on any atom is -0.387 e. The average molecular weight is 290 g/mol. The molecule has 3 aromatic rings. The Morgan fingerprint density at radius 3 is 2.60 bits per heavy atom. The Kier molecular flexibility index (Phi) is 7.35. The highest BCUT2D eigenvalue weighted by molar-refractivity contribution is 7.79. The van der Waals surface area contributed by atoms with Gasteiger partial charge in [0.2, 0.25) is 0 Å². The Morgan fingerprint density at radius 1 is 1.25 bits per heavy atom. The van der Waals surface area contributed by atoms with Gasteiger partial charge in [0.25, 0.3) is 0 Å². The molecule has 0 radical (unpaired) electrons. The summed E-state index contributed by atoms with van der Waals surface area (Å²) >= 11 is 4.06. The van der Waals surface area contributed by atoms with Crippen molar-refractivity contribution < 1.29 is 0 Å². The van der Waals surface area contributed by atoms with Gasteiger partial charge in [-0.25, -0.2) is 4.98 Å². The van der Waals surface area contributed by atoms with Crippen molar-refractivity contribution in [2.24, 2.45) is 0 Å². The molecule has 3 aromatic heterocycles. The number of H-pyrrole nitrogens is 2. The molecule has 0 fully saturated rings. The quantitative estimate of drug-likeness (QED) is 0.538. The minimum absolute atomic E-state index is 0.823. The van der Waals surface area contributed by atoms with E-state index in [9.17, 15) is 0 Å². The van der Waals surface area contributed by atoms with Crippen molar-refractivity contribution in [3.63, 3.8) is 0 Å². The number of anilines is 1. The molecule has 0 bridgehead atoms. The first-order valence-electron chi connectivity index (χ1n) is 6.67. The van der Waals surface area contributed by atoms with Crippen molar-refractivity contribution in [3.8, 4) is 0 Å². The molecule has 0 saturated heterocycles. The van der Waals surface area contributed by atoms with Crippen LogP contribution in [0.3, 0.4) is 0 Å². The molecule has 108 valence electrons. The van der Waals surface area contributed by atoms with Crippen LogP contribution in [0.5, 0.6) is 0 Å². The van der Waals surface area contributed by atoms with Crippen molar-refractivity contribution in [2.75, 3.05) is 12.4 Å². The summed E-state index contributed by atoms with van der Waals surface area (Å²) in [7, 11) is 1.88. The zero-order valence-corrected chi connectivity index (χ0v) is 13.0. The summed E-state index contributed by atoms with van der Waals surface area (Å²) in [6.07, 6.45) is 7.52. The van der Waals surface area contributed by atoms with E-state index >= 15 is 0 Å². The number of fused-ring (bicyclic) bond motifs is 1. The van der Waals surface area contributed by atoms with Gasteiger partial charge < -0.3 is 15.3 Å². The van der Waals surface area contributed by atoms with E-state index < -0.39 is 0 Å². The van der Waals surface area contributed by atoms with Crippen LogP contribution in [-0.4, -0.2) is 22.0 Å². The molecule has 3 heterocycles. The maximum absolute atomic E-state index is 4.19. The largest absolute Gasteiger partial charge is 0.387 e. The lowest BCUT2D eigenvalue weighted by molar-refractivity contribution is 1.31. The molecular formula is C15H22N4S. The van der Waals surface area contributed by atoms with Gasteiger partial charge in [0.1, 0.15) is 5.65 Å². The van der Waals surface area contributed by atoms with E-state index in [2.05, 4.69) is 39.0 Å². The van der Waals surface area contributed by atoms with Crippen molar-refractivity contribution in [1.29, 1.82) is 0 Å². The van der Waals surface area contributed by atoms with Gasteiger partial charge in [0.15, 0.2) is 0 Å². The summed E-state index contributed by atoms with van der Waals surface area (Å²) in [6.45, 7) is 4.00. The van der Waals surface area contributed by atoms with E-state index in [4.69, 9.17) is 0 Å². The topological polar surface area (TPSA) is 56.5 Å². The number of hydrogen-bond acceptors (Lipinski definition) is 3. The smallest absolute Gasteiger partial charge is 0.137 e. The lowest BCUT2D eigenvalue weighted by Gasteiger charge is -1.96. The average Bonchev–Trinajstić information content (AvgIpc) is 3.20. The molecule has 20 heavy (non-hydrogen) atoms. The molecule has 0 aromatic carbocycles. The van der Waals surface area contributed by atoms with Gasteiger partial charge in [-0.1, -0.05) is 13.8 Å². The standard InChI is InChI=1S/C8H9N3.C5H7NS.C2H6/c1-9-7-4-6-2-3-10-8(6)11-5-7;7-4-5-1-2-6-3-5;1-2/h2-5,9H,1H3,(H,10,11);1-3,6-7H,4H2;1-2H3. The highest BCUT2D eigenvalue weighted by Gasteiger charge is 1.94. The summed E-state index contributed by atoms with van der Waals surface area (Å²) in [5.74, 6) is 0.823. The van der Waals surface area contributed by atoms with E-state index in [0.717, 1.165) is 22.5 Å². The van der Waals surface area contributed by atoms with Gasteiger partial charge in [-0.15, -0.1) is 0 Å². The lowest BCUT2D eigenvalue weighted by atomic mass is 10.3. The highest BCUT2D eigenvalue weighted by atomic mass is 32.1. The number of hydrogen-bond donors (Lipinski definition) is 4. The fraction of sp³-hybridized carbons (Fsp3) is 0.267. The second-order valence-corrected chi connectivity index (χ2v) is 4.08.